The minimum atomic E-state index is -1.09. The molecule has 2 heterocycles. The molecule has 0 spiro atoms. The highest BCUT2D eigenvalue weighted by atomic mass is 35.5. The molecule has 7 nitrogen and oxygen atoms in total. The minimum absolute atomic E-state index is 0.0106. The van der Waals surface area contributed by atoms with Gasteiger partial charge in [-0.2, -0.15) is 0 Å². The second-order valence-electron chi connectivity index (χ2n) is 8.15. The summed E-state index contributed by atoms with van der Waals surface area (Å²) in [6.07, 6.45) is 0.0224. The summed E-state index contributed by atoms with van der Waals surface area (Å²) in [4.78, 5) is 29.4. The van der Waals surface area contributed by atoms with E-state index < -0.39 is 17.3 Å². The lowest BCUT2D eigenvalue weighted by atomic mass is 9.96. The summed E-state index contributed by atoms with van der Waals surface area (Å²) in [6.45, 7) is 2.59. The van der Waals surface area contributed by atoms with Crippen LogP contribution in [-0.2, 0) is 14.3 Å². The zero-order chi connectivity index (χ0) is 23.3. The highest BCUT2D eigenvalue weighted by Gasteiger charge is 2.43. The quantitative estimate of drug-likeness (QED) is 0.641. The fraction of sp³-hybridized carbons (Fsp3) is 0.417. The molecule has 2 fully saturated rings. The summed E-state index contributed by atoms with van der Waals surface area (Å²) in [5.74, 6) is -0.600. The van der Waals surface area contributed by atoms with Crippen LogP contribution in [0.4, 0.5) is 4.39 Å². The second kappa shape index (κ2) is 10.5. The van der Waals surface area contributed by atoms with Gasteiger partial charge in [0, 0.05) is 24.7 Å². The number of halogens is 2. The maximum atomic E-state index is 14.3. The van der Waals surface area contributed by atoms with Gasteiger partial charge < -0.3 is 24.0 Å². The number of carbonyl (C=O) groups excluding carboxylic acids is 2. The van der Waals surface area contributed by atoms with Crippen molar-refractivity contribution in [3.63, 3.8) is 0 Å². The Hall–Kier alpha value is -2.68. The van der Waals surface area contributed by atoms with Crippen LogP contribution in [-0.4, -0.2) is 79.8 Å². The van der Waals surface area contributed by atoms with Crippen molar-refractivity contribution in [3.8, 4) is 5.75 Å². The van der Waals surface area contributed by atoms with E-state index in [1.165, 1.54) is 23.1 Å². The molecule has 0 aromatic heterocycles. The van der Waals surface area contributed by atoms with Gasteiger partial charge in [0.2, 0.25) is 5.91 Å². The standard InChI is InChI=1S/C24H26ClFN2O5/c25-18-4-3-5-19(14-18)32-17-24(15-22(29)27-8-11-31-12-9-27)16-28(10-13-33-24)23(30)20-6-1-2-7-21(20)26/h1-7,14H,8-13,15-17H2/t24-/m1/s1. The number of benzene rings is 2. The maximum Gasteiger partial charge on any atom is 0.257 e. The van der Waals surface area contributed by atoms with Crippen LogP contribution < -0.4 is 4.74 Å². The van der Waals surface area contributed by atoms with Crippen LogP contribution in [0.2, 0.25) is 5.02 Å². The SMILES string of the molecule is O=C(C[C@]1(COc2cccc(Cl)c2)CN(C(=O)c2ccccc2F)CCO1)N1CCOCC1. The first-order valence-electron chi connectivity index (χ1n) is 10.9. The number of carbonyl (C=O) groups is 2. The maximum absolute atomic E-state index is 14.3. The minimum Gasteiger partial charge on any atom is -0.490 e. The van der Waals surface area contributed by atoms with E-state index >= 15 is 0 Å². The van der Waals surface area contributed by atoms with Crippen molar-refractivity contribution >= 4 is 23.4 Å². The molecule has 33 heavy (non-hydrogen) atoms. The molecule has 2 aromatic rings. The van der Waals surface area contributed by atoms with E-state index in [0.717, 1.165) is 0 Å². The predicted molar refractivity (Wildman–Crippen MR) is 120 cm³/mol. The van der Waals surface area contributed by atoms with E-state index in [4.69, 9.17) is 25.8 Å². The molecule has 176 valence electrons. The van der Waals surface area contributed by atoms with Crippen molar-refractivity contribution in [1.29, 1.82) is 0 Å². The number of hydrogen-bond donors (Lipinski definition) is 0. The van der Waals surface area contributed by atoms with Gasteiger partial charge in [-0.05, 0) is 30.3 Å². The molecule has 0 aliphatic carbocycles. The average molecular weight is 477 g/mol. The summed E-state index contributed by atoms with van der Waals surface area (Å²) in [5, 5.41) is 0.520. The van der Waals surface area contributed by atoms with Crippen molar-refractivity contribution < 1.29 is 28.2 Å². The van der Waals surface area contributed by atoms with E-state index in [0.29, 0.717) is 37.1 Å². The average Bonchev–Trinajstić information content (AvgIpc) is 2.83. The molecular formula is C24H26ClFN2O5. The number of amides is 2. The van der Waals surface area contributed by atoms with Gasteiger partial charge in [-0.3, -0.25) is 9.59 Å². The van der Waals surface area contributed by atoms with E-state index in [1.54, 1.807) is 35.2 Å². The summed E-state index contributed by atoms with van der Waals surface area (Å²) < 4.78 is 31.7. The lowest BCUT2D eigenvalue weighted by Gasteiger charge is -2.43. The number of nitrogens with zero attached hydrogens (tertiary/aromatic N) is 2. The van der Waals surface area contributed by atoms with Crippen LogP contribution in [0.5, 0.6) is 5.75 Å². The largest absolute Gasteiger partial charge is 0.490 e. The van der Waals surface area contributed by atoms with Crippen LogP contribution in [0.3, 0.4) is 0 Å². The van der Waals surface area contributed by atoms with Crippen LogP contribution in [0.25, 0.3) is 0 Å². The number of morpholine rings is 2. The Morgan fingerprint density at radius 2 is 1.79 bits per heavy atom. The zero-order valence-electron chi connectivity index (χ0n) is 18.2. The van der Waals surface area contributed by atoms with Gasteiger partial charge in [-0.1, -0.05) is 29.8 Å². The van der Waals surface area contributed by atoms with Gasteiger partial charge >= 0.3 is 0 Å². The third-order valence-corrected chi connectivity index (χ3v) is 6.01. The highest BCUT2D eigenvalue weighted by Crippen LogP contribution is 2.27. The van der Waals surface area contributed by atoms with Gasteiger partial charge in [-0.25, -0.2) is 4.39 Å². The number of rotatable bonds is 6. The summed E-state index contributed by atoms with van der Waals surface area (Å²) in [7, 11) is 0. The number of ether oxygens (including phenoxy) is 3. The molecule has 2 amide bonds. The van der Waals surface area contributed by atoms with Crippen LogP contribution in [0.1, 0.15) is 16.8 Å². The van der Waals surface area contributed by atoms with E-state index in [2.05, 4.69) is 0 Å². The van der Waals surface area contributed by atoms with Crippen LogP contribution >= 0.6 is 11.6 Å². The molecule has 0 bridgehead atoms. The van der Waals surface area contributed by atoms with Gasteiger partial charge in [0.1, 0.15) is 23.8 Å². The van der Waals surface area contributed by atoms with Gasteiger partial charge in [0.25, 0.3) is 5.91 Å². The van der Waals surface area contributed by atoms with Crippen molar-refractivity contribution in [2.75, 3.05) is 52.6 Å². The summed E-state index contributed by atoms with van der Waals surface area (Å²) in [6, 6.07) is 12.8. The molecule has 0 unspecified atom stereocenters. The van der Waals surface area contributed by atoms with Crippen LogP contribution in [0.15, 0.2) is 48.5 Å². The predicted octanol–water partition coefficient (Wildman–Crippen LogP) is 3.02. The fourth-order valence-electron chi connectivity index (χ4n) is 4.04. The second-order valence-corrected chi connectivity index (χ2v) is 8.59. The van der Waals surface area contributed by atoms with Crippen molar-refractivity contribution in [2.45, 2.75) is 12.0 Å². The molecule has 0 saturated carbocycles. The first kappa shape index (κ1) is 23.5. The molecule has 0 radical (unpaired) electrons. The number of hydrogen-bond acceptors (Lipinski definition) is 5. The normalized spacial score (nSPS) is 21.0. The Morgan fingerprint density at radius 1 is 1.03 bits per heavy atom. The monoisotopic (exact) mass is 476 g/mol. The molecule has 2 aromatic carbocycles. The molecule has 4 rings (SSSR count). The first-order valence-corrected chi connectivity index (χ1v) is 11.3. The van der Waals surface area contributed by atoms with Gasteiger partial charge in [0.05, 0.1) is 38.3 Å². The van der Waals surface area contributed by atoms with E-state index in [-0.39, 0.29) is 44.2 Å². The Kier molecular flexibility index (Phi) is 7.47. The molecule has 1 atom stereocenters. The van der Waals surface area contributed by atoms with Crippen LogP contribution in [0, 0.1) is 5.82 Å². The topological polar surface area (TPSA) is 68.3 Å². The lowest BCUT2D eigenvalue weighted by Crippen LogP contribution is -2.58. The third-order valence-electron chi connectivity index (χ3n) is 5.78. The molecule has 2 saturated heterocycles. The van der Waals surface area contributed by atoms with E-state index in [9.17, 15) is 14.0 Å². The fourth-order valence-corrected chi connectivity index (χ4v) is 4.22. The molecule has 2 aliphatic heterocycles. The third kappa shape index (κ3) is 5.82. The van der Waals surface area contributed by atoms with Crippen molar-refractivity contribution in [2.24, 2.45) is 0 Å². The smallest absolute Gasteiger partial charge is 0.257 e. The van der Waals surface area contributed by atoms with Crippen molar-refractivity contribution in [1.82, 2.24) is 9.80 Å². The molecule has 9 heteroatoms. The summed E-state index contributed by atoms with van der Waals surface area (Å²) >= 11 is 6.06. The molecule has 2 aliphatic rings. The Bertz CT molecular complexity index is 1000. The lowest BCUT2D eigenvalue weighted by molar-refractivity contribution is -0.155. The summed E-state index contributed by atoms with van der Waals surface area (Å²) in [5.41, 5.74) is -1.10. The zero-order valence-corrected chi connectivity index (χ0v) is 18.9. The Labute approximate surface area is 197 Å². The molecular weight excluding hydrogens is 451 g/mol. The van der Waals surface area contributed by atoms with Gasteiger partial charge in [-0.15, -0.1) is 0 Å². The first-order chi connectivity index (χ1) is 16.0. The highest BCUT2D eigenvalue weighted by molar-refractivity contribution is 6.30. The van der Waals surface area contributed by atoms with E-state index in [1.807, 2.05) is 0 Å². The van der Waals surface area contributed by atoms with Crippen molar-refractivity contribution in [3.05, 3.63) is 64.9 Å². The van der Waals surface area contributed by atoms with Gasteiger partial charge in [0.15, 0.2) is 0 Å². The molecule has 0 N–H and O–H groups in total. The Balaban J connectivity index is 1.54. The Morgan fingerprint density at radius 3 is 2.55 bits per heavy atom.